The van der Waals surface area contributed by atoms with Crippen LogP contribution in [0.2, 0.25) is 0 Å². The Bertz CT molecular complexity index is 458. The molecule has 2 heterocycles. The Hall–Kier alpha value is -1.42. The van der Waals surface area contributed by atoms with Crippen LogP contribution in [0.4, 0.5) is 0 Å². The quantitative estimate of drug-likeness (QED) is 0.828. The molecule has 0 spiro atoms. The standard InChI is InChI=1S/C11H16N4/c1-3-7-11(2,12)10-14-13-9-6-4-5-8-15(9)10/h4-6,8H,3,7,12H2,1-2H3. The van der Waals surface area contributed by atoms with Crippen LogP contribution in [-0.4, -0.2) is 14.6 Å². The van der Waals surface area contributed by atoms with E-state index in [0.717, 1.165) is 24.3 Å². The predicted molar refractivity (Wildman–Crippen MR) is 59.4 cm³/mol. The molecule has 80 valence electrons. The van der Waals surface area contributed by atoms with Gasteiger partial charge in [-0.05, 0) is 25.5 Å². The average molecular weight is 204 g/mol. The highest BCUT2D eigenvalue weighted by molar-refractivity contribution is 5.38. The first-order chi connectivity index (χ1) is 7.15. The summed E-state index contributed by atoms with van der Waals surface area (Å²) < 4.78 is 1.95. The van der Waals surface area contributed by atoms with E-state index in [1.54, 1.807) is 0 Å². The first-order valence-corrected chi connectivity index (χ1v) is 5.24. The Morgan fingerprint density at radius 1 is 1.40 bits per heavy atom. The van der Waals surface area contributed by atoms with Crippen molar-refractivity contribution >= 4 is 5.65 Å². The molecule has 4 nitrogen and oxygen atoms in total. The number of hydrogen-bond acceptors (Lipinski definition) is 3. The Kier molecular flexibility index (Phi) is 2.44. The van der Waals surface area contributed by atoms with E-state index in [9.17, 15) is 0 Å². The van der Waals surface area contributed by atoms with Gasteiger partial charge in [-0.25, -0.2) is 0 Å². The molecule has 0 fully saturated rings. The first-order valence-electron chi connectivity index (χ1n) is 5.24. The second-order valence-corrected chi connectivity index (χ2v) is 4.12. The van der Waals surface area contributed by atoms with Gasteiger partial charge in [0.1, 0.15) is 0 Å². The maximum absolute atomic E-state index is 6.24. The summed E-state index contributed by atoms with van der Waals surface area (Å²) in [5.74, 6) is 0.833. The molecule has 1 atom stereocenters. The van der Waals surface area contributed by atoms with Gasteiger partial charge < -0.3 is 5.73 Å². The van der Waals surface area contributed by atoms with Gasteiger partial charge >= 0.3 is 0 Å². The van der Waals surface area contributed by atoms with Crippen molar-refractivity contribution in [2.45, 2.75) is 32.2 Å². The Morgan fingerprint density at radius 3 is 2.93 bits per heavy atom. The van der Waals surface area contributed by atoms with Gasteiger partial charge in [0.25, 0.3) is 0 Å². The Balaban J connectivity index is 2.52. The summed E-state index contributed by atoms with van der Waals surface area (Å²) >= 11 is 0. The van der Waals surface area contributed by atoms with Crippen molar-refractivity contribution in [3.63, 3.8) is 0 Å². The van der Waals surface area contributed by atoms with Crippen molar-refractivity contribution in [2.24, 2.45) is 5.73 Å². The zero-order valence-corrected chi connectivity index (χ0v) is 9.14. The summed E-state index contributed by atoms with van der Waals surface area (Å²) in [5.41, 5.74) is 6.68. The predicted octanol–water partition coefficient (Wildman–Crippen LogP) is 1.70. The molecule has 2 rings (SSSR count). The Morgan fingerprint density at radius 2 is 2.20 bits per heavy atom. The molecule has 0 radical (unpaired) electrons. The summed E-state index contributed by atoms with van der Waals surface area (Å²) in [7, 11) is 0. The number of aromatic nitrogens is 3. The van der Waals surface area contributed by atoms with Gasteiger partial charge in [-0.1, -0.05) is 19.4 Å². The monoisotopic (exact) mass is 204 g/mol. The van der Waals surface area contributed by atoms with Crippen LogP contribution in [0.1, 0.15) is 32.5 Å². The van der Waals surface area contributed by atoms with Gasteiger partial charge in [-0.2, -0.15) is 0 Å². The molecule has 2 N–H and O–H groups in total. The lowest BCUT2D eigenvalue weighted by atomic mass is 9.97. The fourth-order valence-corrected chi connectivity index (χ4v) is 1.86. The zero-order valence-electron chi connectivity index (χ0n) is 9.14. The molecular weight excluding hydrogens is 188 g/mol. The first kappa shape index (κ1) is 10.1. The molecule has 4 heteroatoms. The topological polar surface area (TPSA) is 56.2 Å². The van der Waals surface area contributed by atoms with Gasteiger partial charge in [0, 0.05) is 6.20 Å². The van der Waals surface area contributed by atoms with Gasteiger partial charge in [0.2, 0.25) is 0 Å². The van der Waals surface area contributed by atoms with Crippen LogP contribution < -0.4 is 5.73 Å². The molecule has 0 saturated heterocycles. The van der Waals surface area contributed by atoms with Crippen LogP contribution in [-0.2, 0) is 5.54 Å². The van der Waals surface area contributed by atoms with E-state index in [1.165, 1.54) is 0 Å². The number of nitrogens with two attached hydrogens (primary N) is 1. The van der Waals surface area contributed by atoms with Crippen LogP contribution in [0.25, 0.3) is 5.65 Å². The Labute approximate surface area is 89.1 Å². The van der Waals surface area contributed by atoms with Crippen molar-refractivity contribution in [2.75, 3.05) is 0 Å². The van der Waals surface area contributed by atoms with E-state index >= 15 is 0 Å². The lowest BCUT2D eigenvalue weighted by Gasteiger charge is -2.21. The van der Waals surface area contributed by atoms with Crippen LogP contribution in [0.3, 0.4) is 0 Å². The minimum atomic E-state index is -0.407. The molecule has 0 saturated carbocycles. The number of pyridine rings is 1. The molecule has 2 aromatic heterocycles. The summed E-state index contributed by atoms with van der Waals surface area (Å²) in [5, 5.41) is 8.27. The molecule has 0 aliphatic rings. The molecule has 0 aromatic carbocycles. The highest BCUT2D eigenvalue weighted by Gasteiger charge is 2.25. The van der Waals surface area contributed by atoms with E-state index in [2.05, 4.69) is 17.1 Å². The van der Waals surface area contributed by atoms with Gasteiger partial charge in [0.05, 0.1) is 5.54 Å². The number of rotatable bonds is 3. The van der Waals surface area contributed by atoms with Gasteiger partial charge in [0.15, 0.2) is 11.5 Å². The van der Waals surface area contributed by atoms with E-state index in [1.807, 2.05) is 35.7 Å². The summed E-state index contributed by atoms with van der Waals surface area (Å²) in [4.78, 5) is 0. The lowest BCUT2D eigenvalue weighted by molar-refractivity contribution is 0.416. The molecule has 0 aliphatic carbocycles. The third-order valence-electron chi connectivity index (χ3n) is 2.59. The molecule has 0 bridgehead atoms. The van der Waals surface area contributed by atoms with Crippen LogP contribution in [0, 0.1) is 0 Å². The summed E-state index contributed by atoms with van der Waals surface area (Å²) in [6.07, 6.45) is 3.89. The van der Waals surface area contributed by atoms with E-state index in [4.69, 9.17) is 5.73 Å². The van der Waals surface area contributed by atoms with E-state index in [0.29, 0.717) is 0 Å². The fraction of sp³-hybridized carbons (Fsp3) is 0.455. The molecule has 2 aromatic rings. The highest BCUT2D eigenvalue weighted by atomic mass is 15.3. The van der Waals surface area contributed by atoms with Crippen LogP contribution in [0.15, 0.2) is 24.4 Å². The third kappa shape index (κ3) is 1.72. The largest absolute Gasteiger partial charge is 0.319 e. The maximum Gasteiger partial charge on any atom is 0.160 e. The van der Waals surface area contributed by atoms with Crippen LogP contribution in [0.5, 0.6) is 0 Å². The average Bonchev–Trinajstić information content (AvgIpc) is 2.61. The van der Waals surface area contributed by atoms with Crippen molar-refractivity contribution in [1.29, 1.82) is 0 Å². The van der Waals surface area contributed by atoms with E-state index < -0.39 is 5.54 Å². The summed E-state index contributed by atoms with van der Waals surface area (Å²) in [6, 6.07) is 5.84. The second-order valence-electron chi connectivity index (χ2n) is 4.12. The SMILES string of the molecule is CCCC(C)(N)c1nnc2ccccn12. The minimum absolute atomic E-state index is 0.407. The van der Waals surface area contributed by atoms with Crippen LogP contribution >= 0.6 is 0 Å². The van der Waals surface area contributed by atoms with Crippen molar-refractivity contribution < 1.29 is 0 Å². The smallest absolute Gasteiger partial charge is 0.160 e. The maximum atomic E-state index is 6.24. The normalized spacial score (nSPS) is 15.4. The molecule has 15 heavy (non-hydrogen) atoms. The molecule has 0 amide bonds. The highest BCUT2D eigenvalue weighted by Crippen LogP contribution is 2.21. The fourth-order valence-electron chi connectivity index (χ4n) is 1.86. The summed E-state index contributed by atoms with van der Waals surface area (Å²) in [6.45, 7) is 4.12. The second kappa shape index (κ2) is 3.62. The van der Waals surface area contributed by atoms with Crippen molar-refractivity contribution in [3.8, 4) is 0 Å². The molecule has 0 aliphatic heterocycles. The molecule has 1 unspecified atom stereocenters. The lowest BCUT2D eigenvalue weighted by Crippen LogP contribution is -2.35. The number of nitrogens with zero attached hydrogens (tertiary/aromatic N) is 3. The minimum Gasteiger partial charge on any atom is -0.319 e. The van der Waals surface area contributed by atoms with Gasteiger partial charge in [-0.3, -0.25) is 4.40 Å². The van der Waals surface area contributed by atoms with E-state index in [-0.39, 0.29) is 0 Å². The van der Waals surface area contributed by atoms with Gasteiger partial charge in [-0.15, -0.1) is 10.2 Å². The van der Waals surface area contributed by atoms with Crippen molar-refractivity contribution in [1.82, 2.24) is 14.6 Å². The third-order valence-corrected chi connectivity index (χ3v) is 2.59. The number of fused-ring (bicyclic) bond motifs is 1. The van der Waals surface area contributed by atoms with Crippen molar-refractivity contribution in [3.05, 3.63) is 30.2 Å². The number of hydrogen-bond donors (Lipinski definition) is 1. The zero-order chi connectivity index (χ0) is 10.9. The molecular formula is C11H16N4.